The average Bonchev–Trinajstić information content (AvgIpc) is 3.02. The number of halogens is 1. The number of likely N-dealkylation sites (N-methyl/N-ethyl adjacent to an activating group) is 1. The molecule has 1 heterocycles. The minimum absolute atomic E-state index is 0.194. The lowest BCUT2D eigenvalue weighted by Crippen LogP contribution is -2.27. The summed E-state index contributed by atoms with van der Waals surface area (Å²) >= 11 is 6.40. The molecule has 1 aliphatic heterocycles. The van der Waals surface area contributed by atoms with Gasteiger partial charge in [-0.1, -0.05) is 78.4 Å². The number of unbranched alkanes of at least 4 members (excludes halogenated alkanes) is 1. The first-order chi connectivity index (χ1) is 17.1. The summed E-state index contributed by atoms with van der Waals surface area (Å²) in [6.45, 7) is 2.76. The van der Waals surface area contributed by atoms with Crippen molar-refractivity contribution in [2.45, 2.75) is 38.5 Å². The zero-order valence-corrected chi connectivity index (χ0v) is 21.4. The second-order valence-corrected chi connectivity index (χ2v) is 9.80. The minimum Gasteiger partial charge on any atom is -0.341 e. The molecule has 35 heavy (non-hydrogen) atoms. The number of anilines is 1. The van der Waals surface area contributed by atoms with E-state index in [1.54, 1.807) is 6.08 Å². The predicted molar refractivity (Wildman–Crippen MR) is 148 cm³/mol. The third-order valence-corrected chi connectivity index (χ3v) is 6.92. The number of aryl methyl sites for hydroxylation is 1. The van der Waals surface area contributed by atoms with Crippen molar-refractivity contribution < 1.29 is 4.79 Å². The maximum atomic E-state index is 12.2. The third kappa shape index (κ3) is 7.30. The molecule has 0 N–H and O–H groups in total. The number of benzene rings is 2. The van der Waals surface area contributed by atoms with Gasteiger partial charge in [-0.25, -0.2) is 0 Å². The number of carbonyl (C=O) groups is 1. The largest absolute Gasteiger partial charge is 0.341 e. The Kier molecular flexibility index (Phi) is 9.16. The van der Waals surface area contributed by atoms with Crippen molar-refractivity contribution in [3.63, 3.8) is 0 Å². The summed E-state index contributed by atoms with van der Waals surface area (Å²) in [5.41, 5.74) is 6.48. The quantitative estimate of drug-likeness (QED) is 0.256. The summed E-state index contributed by atoms with van der Waals surface area (Å²) in [7, 11) is 2.12. The molecule has 2 aromatic rings. The molecule has 0 aromatic heterocycles. The van der Waals surface area contributed by atoms with Gasteiger partial charge in [0.15, 0.2) is 5.78 Å². The molecule has 0 atom stereocenters. The zero-order chi connectivity index (χ0) is 24.5. The molecule has 182 valence electrons. The van der Waals surface area contributed by atoms with E-state index in [4.69, 9.17) is 11.6 Å². The van der Waals surface area contributed by atoms with Gasteiger partial charge in [0.1, 0.15) is 0 Å². The topological polar surface area (TPSA) is 23.6 Å². The average molecular weight is 487 g/mol. The van der Waals surface area contributed by atoms with Gasteiger partial charge in [-0.05, 0) is 80.6 Å². The number of fused-ring (bicyclic) bond motifs is 2. The second-order valence-electron chi connectivity index (χ2n) is 9.36. The van der Waals surface area contributed by atoms with Gasteiger partial charge >= 0.3 is 0 Å². The van der Waals surface area contributed by atoms with Crippen LogP contribution in [0.3, 0.4) is 0 Å². The summed E-state index contributed by atoms with van der Waals surface area (Å²) in [4.78, 5) is 16.9. The van der Waals surface area contributed by atoms with Crippen LogP contribution >= 0.6 is 11.6 Å². The van der Waals surface area contributed by atoms with Crippen LogP contribution in [0.5, 0.6) is 0 Å². The highest BCUT2D eigenvalue weighted by molar-refractivity contribution is 6.31. The first-order valence-corrected chi connectivity index (χ1v) is 13.0. The molecule has 0 bridgehead atoms. The number of carbonyl (C=O) groups excluding carboxylic acids is 1. The fourth-order valence-electron chi connectivity index (χ4n) is 4.69. The van der Waals surface area contributed by atoms with E-state index in [2.05, 4.69) is 71.5 Å². The molecule has 0 fully saturated rings. The molecular formula is C31H35ClN2O. The number of para-hydroxylation sites is 1. The minimum atomic E-state index is 0.194. The van der Waals surface area contributed by atoms with Crippen LogP contribution in [0.4, 0.5) is 5.69 Å². The molecule has 0 unspecified atom stereocenters. The van der Waals surface area contributed by atoms with Crippen LogP contribution in [0.2, 0.25) is 0 Å². The molecule has 0 saturated carbocycles. The molecule has 2 aliphatic rings. The van der Waals surface area contributed by atoms with Crippen LogP contribution in [0.15, 0.2) is 101 Å². The molecule has 4 rings (SSSR count). The lowest BCUT2D eigenvalue weighted by atomic mass is 10.0. The van der Waals surface area contributed by atoms with E-state index in [0.29, 0.717) is 6.42 Å². The Morgan fingerprint density at radius 2 is 1.83 bits per heavy atom. The number of allylic oxidation sites excluding steroid dienone is 6. The van der Waals surface area contributed by atoms with Gasteiger partial charge < -0.3 is 9.80 Å². The number of ketones is 1. The van der Waals surface area contributed by atoms with Crippen LogP contribution in [0.25, 0.3) is 0 Å². The highest BCUT2D eigenvalue weighted by atomic mass is 35.5. The van der Waals surface area contributed by atoms with E-state index < -0.39 is 0 Å². The van der Waals surface area contributed by atoms with E-state index in [0.717, 1.165) is 56.8 Å². The van der Waals surface area contributed by atoms with Gasteiger partial charge in [0.05, 0.1) is 0 Å². The highest BCUT2D eigenvalue weighted by Gasteiger charge is 2.22. The Balaban J connectivity index is 1.24. The SMILES string of the molecule is CN(C/C=C/C(=O)CCc1ccccc1)CCCCN1C2=CC(Cl)=CCC2=CCc2ccccc21. The summed E-state index contributed by atoms with van der Waals surface area (Å²) in [6.07, 6.45) is 15.7. The first-order valence-electron chi connectivity index (χ1n) is 12.6. The zero-order valence-electron chi connectivity index (χ0n) is 20.6. The molecule has 0 amide bonds. The van der Waals surface area contributed by atoms with Crippen LogP contribution < -0.4 is 4.90 Å². The Bertz CT molecular complexity index is 1130. The van der Waals surface area contributed by atoms with E-state index in [9.17, 15) is 4.79 Å². The molecule has 4 heteroatoms. The summed E-state index contributed by atoms with van der Waals surface area (Å²) in [6, 6.07) is 18.9. The van der Waals surface area contributed by atoms with Crippen molar-refractivity contribution in [2.24, 2.45) is 0 Å². The lowest BCUT2D eigenvalue weighted by Gasteiger charge is -2.30. The Morgan fingerprint density at radius 3 is 2.69 bits per heavy atom. The van der Waals surface area contributed by atoms with Crippen LogP contribution in [-0.4, -0.2) is 37.4 Å². The smallest absolute Gasteiger partial charge is 0.155 e. The summed E-state index contributed by atoms with van der Waals surface area (Å²) in [5.74, 6) is 0.194. The summed E-state index contributed by atoms with van der Waals surface area (Å²) in [5, 5.41) is 0.825. The molecular weight excluding hydrogens is 452 g/mol. The molecule has 3 nitrogen and oxygen atoms in total. The van der Waals surface area contributed by atoms with Crippen molar-refractivity contribution in [3.05, 3.63) is 112 Å². The molecule has 1 aliphatic carbocycles. The molecule has 2 aromatic carbocycles. The number of hydrogen-bond acceptors (Lipinski definition) is 3. The van der Waals surface area contributed by atoms with Crippen LogP contribution in [-0.2, 0) is 17.6 Å². The van der Waals surface area contributed by atoms with E-state index in [1.165, 1.54) is 28.1 Å². The van der Waals surface area contributed by atoms with E-state index in [1.807, 2.05) is 24.3 Å². The van der Waals surface area contributed by atoms with E-state index >= 15 is 0 Å². The van der Waals surface area contributed by atoms with Gasteiger partial charge in [0, 0.05) is 35.9 Å². The Morgan fingerprint density at radius 1 is 1.03 bits per heavy atom. The number of rotatable bonds is 11. The van der Waals surface area contributed by atoms with Crippen molar-refractivity contribution in [1.29, 1.82) is 0 Å². The standard InChI is InChI=1S/C31H35ClN2O/c1-33(22-9-13-29(35)20-15-25-10-3-2-4-11-25)21-7-8-23-34-30-14-6-5-12-26(30)16-17-27-18-19-28(32)24-31(27)34/h2-6,9-14,17,19,24H,7-8,15-16,18,20-23H2,1H3/b13-9+. The number of nitrogens with zero attached hydrogens (tertiary/aromatic N) is 2. The highest BCUT2D eigenvalue weighted by Crippen LogP contribution is 2.36. The summed E-state index contributed by atoms with van der Waals surface area (Å²) < 4.78 is 0. The fraction of sp³-hybridized carbons (Fsp3) is 0.323. The van der Waals surface area contributed by atoms with Gasteiger partial charge in [0.2, 0.25) is 0 Å². The second kappa shape index (κ2) is 12.7. The van der Waals surface area contributed by atoms with Crippen molar-refractivity contribution in [2.75, 3.05) is 31.6 Å². The van der Waals surface area contributed by atoms with Crippen LogP contribution in [0.1, 0.15) is 36.8 Å². The van der Waals surface area contributed by atoms with Crippen molar-refractivity contribution in [1.82, 2.24) is 4.90 Å². The van der Waals surface area contributed by atoms with Gasteiger partial charge in [0.25, 0.3) is 0 Å². The molecule has 0 spiro atoms. The molecule has 0 saturated heterocycles. The van der Waals surface area contributed by atoms with Crippen molar-refractivity contribution in [3.8, 4) is 0 Å². The third-order valence-electron chi connectivity index (χ3n) is 6.66. The Labute approximate surface area is 215 Å². The maximum Gasteiger partial charge on any atom is 0.155 e. The van der Waals surface area contributed by atoms with Gasteiger partial charge in [-0.3, -0.25) is 4.79 Å². The first kappa shape index (κ1) is 25.2. The van der Waals surface area contributed by atoms with Gasteiger partial charge in [-0.15, -0.1) is 0 Å². The monoisotopic (exact) mass is 486 g/mol. The maximum absolute atomic E-state index is 12.2. The molecule has 0 radical (unpaired) electrons. The fourth-order valence-corrected chi connectivity index (χ4v) is 4.87. The van der Waals surface area contributed by atoms with Crippen molar-refractivity contribution >= 4 is 23.1 Å². The van der Waals surface area contributed by atoms with Crippen LogP contribution in [0, 0.1) is 0 Å². The number of hydrogen-bond donors (Lipinski definition) is 0. The normalized spacial score (nSPS) is 15.3. The van der Waals surface area contributed by atoms with Gasteiger partial charge in [-0.2, -0.15) is 0 Å². The van der Waals surface area contributed by atoms with E-state index in [-0.39, 0.29) is 5.78 Å². The lowest BCUT2D eigenvalue weighted by molar-refractivity contribution is -0.114. The predicted octanol–water partition coefficient (Wildman–Crippen LogP) is 6.86. The Hall–Kier alpha value is -2.88.